The fraction of sp³-hybridized carbons (Fsp3) is 0.389. The average molecular weight is 479 g/mol. The van der Waals surface area contributed by atoms with Crippen LogP contribution < -0.4 is 11.5 Å². The molecule has 0 amide bonds. The lowest BCUT2D eigenvalue weighted by Gasteiger charge is -2.36. The summed E-state index contributed by atoms with van der Waals surface area (Å²) in [6, 6.07) is 1.33. The summed E-state index contributed by atoms with van der Waals surface area (Å²) in [4.78, 5) is 27.0. The van der Waals surface area contributed by atoms with E-state index in [-0.39, 0.29) is 5.69 Å². The molecule has 1 aliphatic rings. The van der Waals surface area contributed by atoms with Gasteiger partial charge in [0.1, 0.15) is 17.2 Å². The number of ether oxygens (including phenoxy) is 1. The Kier molecular flexibility index (Phi) is 5.74. The summed E-state index contributed by atoms with van der Waals surface area (Å²) in [5.41, 5.74) is 6.09. The number of alkyl halides is 4. The molecule has 14 heteroatoms. The maximum atomic E-state index is 14.5. The van der Waals surface area contributed by atoms with E-state index in [1.54, 1.807) is 0 Å². The van der Waals surface area contributed by atoms with Crippen molar-refractivity contribution < 1.29 is 31.5 Å². The summed E-state index contributed by atoms with van der Waals surface area (Å²) < 4.78 is 75.0. The molecule has 3 rings (SSSR count). The molecule has 0 spiro atoms. The van der Waals surface area contributed by atoms with Gasteiger partial charge >= 0.3 is 5.92 Å². The number of ketones is 1. The molecule has 3 heterocycles. The van der Waals surface area contributed by atoms with Gasteiger partial charge in [0.15, 0.2) is 34.6 Å². The van der Waals surface area contributed by atoms with Gasteiger partial charge in [-0.2, -0.15) is 17.6 Å². The van der Waals surface area contributed by atoms with Crippen molar-refractivity contribution in [3.8, 4) is 0 Å². The molecule has 0 saturated heterocycles. The molecular weight excluding hydrogens is 463 g/mol. The van der Waals surface area contributed by atoms with Crippen LogP contribution in [-0.2, 0) is 22.6 Å². The zero-order valence-electron chi connectivity index (χ0n) is 16.6. The number of nitrogens with zero attached hydrogens (tertiary/aromatic N) is 4. The quantitative estimate of drug-likeness (QED) is 0.499. The molecule has 0 aliphatic carbocycles. The number of anilines is 1. The molecule has 0 unspecified atom stereocenters. The van der Waals surface area contributed by atoms with E-state index in [1.807, 2.05) is 0 Å². The Bertz CT molecular complexity index is 1120. The molecule has 0 aromatic carbocycles. The third-order valence-corrected chi connectivity index (χ3v) is 4.98. The van der Waals surface area contributed by atoms with Crippen molar-refractivity contribution in [3.63, 3.8) is 0 Å². The van der Waals surface area contributed by atoms with Gasteiger partial charge in [0.25, 0.3) is 11.9 Å². The number of carbonyl (C=O) groups excluding carboxylic acids is 1. The summed E-state index contributed by atoms with van der Waals surface area (Å²) in [6.07, 6.45) is -0.596. The second-order valence-electron chi connectivity index (χ2n) is 7.23. The average Bonchev–Trinajstić information content (AvgIpc) is 2.67. The highest BCUT2D eigenvalue weighted by Gasteiger charge is 2.57. The van der Waals surface area contributed by atoms with E-state index in [2.05, 4.69) is 24.7 Å². The van der Waals surface area contributed by atoms with Crippen LogP contribution in [0.15, 0.2) is 17.1 Å². The Morgan fingerprint density at radius 2 is 1.91 bits per heavy atom. The molecular formula is C18H16ClF5N6O2. The van der Waals surface area contributed by atoms with Gasteiger partial charge in [-0.3, -0.25) is 9.78 Å². The van der Waals surface area contributed by atoms with E-state index >= 15 is 0 Å². The predicted octanol–water partition coefficient (Wildman–Crippen LogP) is 2.98. The van der Waals surface area contributed by atoms with Gasteiger partial charge in [0, 0.05) is 12.6 Å². The minimum atomic E-state index is -3.67. The number of nitrogens with two attached hydrogens (primary N) is 2. The molecule has 2 aromatic heterocycles. The third-order valence-electron chi connectivity index (χ3n) is 4.71. The highest BCUT2D eigenvalue weighted by Crippen LogP contribution is 2.43. The van der Waals surface area contributed by atoms with Gasteiger partial charge in [-0.05, 0) is 19.1 Å². The first-order valence-electron chi connectivity index (χ1n) is 8.92. The van der Waals surface area contributed by atoms with Crippen molar-refractivity contribution in [1.29, 1.82) is 0 Å². The van der Waals surface area contributed by atoms with E-state index in [0.717, 1.165) is 19.1 Å². The molecule has 32 heavy (non-hydrogen) atoms. The summed E-state index contributed by atoms with van der Waals surface area (Å²) >= 11 is 5.70. The van der Waals surface area contributed by atoms with E-state index in [1.165, 1.54) is 0 Å². The van der Waals surface area contributed by atoms with Crippen LogP contribution in [0.25, 0.3) is 0 Å². The summed E-state index contributed by atoms with van der Waals surface area (Å²) in [7, 11) is 0. The Balaban J connectivity index is 1.98. The molecule has 1 aliphatic heterocycles. The summed E-state index contributed by atoms with van der Waals surface area (Å²) in [5, 5.41) is -0.734. The number of nitrogen functional groups attached to an aromatic ring is 1. The van der Waals surface area contributed by atoms with E-state index < -0.39 is 76.1 Å². The third kappa shape index (κ3) is 4.16. The zero-order valence-corrected chi connectivity index (χ0v) is 17.4. The van der Waals surface area contributed by atoms with Crippen LogP contribution in [0.1, 0.15) is 41.4 Å². The van der Waals surface area contributed by atoms with Crippen LogP contribution in [0.2, 0.25) is 5.15 Å². The lowest BCUT2D eigenvalue weighted by molar-refractivity contribution is -0.118. The number of Topliss-reactive ketones (excluding diaryl/α,β-unsaturated/α-hetero) is 1. The molecule has 0 fully saturated rings. The SMILES string of the molecule is CC(F)(F)c1nc(N)c(C(=O)Cc2ccc(F)c([C@@]3(C)N=C(N)OCC3(F)F)n2)nc1Cl. The van der Waals surface area contributed by atoms with Gasteiger partial charge in [0.05, 0.1) is 6.42 Å². The maximum absolute atomic E-state index is 14.5. The Morgan fingerprint density at radius 3 is 2.53 bits per heavy atom. The first-order valence-corrected chi connectivity index (χ1v) is 9.30. The van der Waals surface area contributed by atoms with Gasteiger partial charge in [-0.1, -0.05) is 11.6 Å². The lowest BCUT2D eigenvalue weighted by atomic mass is 9.88. The topological polar surface area (TPSA) is 129 Å². The highest BCUT2D eigenvalue weighted by molar-refractivity contribution is 6.30. The molecule has 2 aromatic rings. The van der Waals surface area contributed by atoms with Crippen molar-refractivity contribution in [2.45, 2.75) is 37.7 Å². The fourth-order valence-electron chi connectivity index (χ4n) is 2.95. The van der Waals surface area contributed by atoms with Gasteiger partial charge in [0.2, 0.25) is 0 Å². The second kappa shape index (κ2) is 7.80. The van der Waals surface area contributed by atoms with Crippen molar-refractivity contribution in [2.75, 3.05) is 12.3 Å². The van der Waals surface area contributed by atoms with Gasteiger partial charge in [-0.15, -0.1) is 0 Å². The largest absolute Gasteiger partial charge is 0.459 e. The minimum absolute atomic E-state index is 0.147. The molecule has 172 valence electrons. The van der Waals surface area contributed by atoms with Crippen LogP contribution in [0.3, 0.4) is 0 Å². The Morgan fingerprint density at radius 1 is 1.25 bits per heavy atom. The van der Waals surface area contributed by atoms with E-state index in [4.69, 9.17) is 23.1 Å². The predicted molar refractivity (Wildman–Crippen MR) is 103 cm³/mol. The van der Waals surface area contributed by atoms with Crippen LogP contribution >= 0.6 is 11.6 Å². The highest BCUT2D eigenvalue weighted by atomic mass is 35.5. The number of pyridine rings is 1. The summed E-state index contributed by atoms with van der Waals surface area (Å²) in [5.74, 6) is -9.71. The van der Waals surface area contributed by atoms with E-state index in [9.17, 15) is 26.7 Å². The number of hydrogen-bond donors (Lipinski definition) is 2. The molecule has 0 radical (unpaired) electrons. The first kappa shape index (κ1) is 23.6. The van der Waals surface area contributed by atoms with Crippen molar-refractivity contribution in [3.05, 3.63) is 45.9 Å². The standard InChI is InChI=1S/C18H16ClF5N6O2/c1-16(18(23,24)6-32-15(26)30-16)11-8(20)4-3-7(27-11)5-9(31)10-14(25)29-12(13(19)28-10)17(2,21)22/h3-4H,5-6H2,1-2H3,(H2,25,29)(H2,26,30)/t16-/m1/s1. The Hall–Kier alpha value is -3.09. The molecule has 4 N–H and O–H groups in total. The number of hydrogen-bond acceptors (Lipinski definition) is 8. The minimum Gasteiger partial charge on any atom is -0.459 e. The molecule has 1 atom stereocenters. The molecule has 0 bridgehead atoms. The lowest BCUT2D eigenvalue weighted by Crippen LogP contribution is -2.51. The second-order valence-corrected chi connectivity index (χ2v) is 7.59. The van der Waals surface area contributed by atoms with Crippen molar-refractivity contribution >= 4 is 29.2 Å². The van der Waals surface area contributed by atoms with Crippen molar-refractivity contribution in [1.82, 2.24) is 15.0 Å². The number of halogens is 6. The number of carbonyl (C=O) groups is 1. The number of rotatable bonds is 5. The van der Waals surface area contributed by atoms with Crippen LogP contribution in [-0.4, -0.2) is 39.3 Å². The van der Waals surface area contributed by atoms with E-state index in [0.29, 0.717) is 6.92 Å². The van der Waals surface area contributed by atoms with Crippen LogP contribution in [0.4, 0.5) is 27.8 Å². The number of aromatic nitrogens is 3. The van der Waals surface area contributed by atoms with Crippen LogP contribution in [0.5, 0.6) is 0 Å². The normalized spacial score (nSPS) is 20.4. The van der Waals surface area contributed by atoms with Gasteiger partial charge < -0.3 is 16.2 Å². The summed E-state index contributed by atoms with van der Waals surface area (Å²) in [6.45, 7) is 0.296. The zero-order chi connectivity index (χ0) is 24.1. The molecule has 8 nitrogen and oxygen atoms in total. The molecule has 0 saturated carbocycles. The number of amidine groups is 1. The Labute approximate surface area is 182 Å². The smallest absolute Gasteiger partial charge is 0.311 e. The fourth-order valence-corrected chi connectivity index (χ4v) is 3.24. The van der Waals surface area contributed by atoms with Gasteiger partial charge in [-0.25, -0.2) is 19.4 Å². The van der Waals surface area contributed by atoms with Crippen molar-refractivity contribution in [2.24, 2.45) is 10.7 Å². The number of aliphatic imine (C=N–C) groups is 1. The monoisotopic (exact) mass is 478 g/mol. The van der Waals surface area contributed by atoms with Crippen LogP contribution in [0, 0.1) is 5.82 Å². The maximum Gasteiger partial charge on any atom is 0.311 e. The first-order chi connectivity index (χ1) is 14.7.